The molecule has 0 bridgehead atoms. The van der Waals surface area contributed by atoms with Gasteiger partial charge in [0.05, 0.1) is 23.1 Å². The maximum absolute atomic E-state index is 6.35. The van der Waals surface area contributed by atoms with Crippen molar-refractivity contribution in [3.8, 4) is 17.0 Å². The number of H-pyrrole nitrogens is 2. The van der Waals surface area contributed by atoms with E-state index in [2.05, 4.69) is 25.5 Å². The molecule has 0 radical (unpaired) electrons. The Kier molecular flexibility index (Phi) is 5.95. The van der Waals surface area contributed by atoms with Crippen LogP contribution in [-0.4, -0.2) is 31.3 Å². The van der Waals surface area contributed by atoms with Crippen molar-refractivity contribution in [1.29, 1.82) is 0 Å². The summed E-state index contributed by atoms with van der Waals surface area (Å²) < 4.78 is 7.90. The van der Waals surface area contributed by atoms with Crippen molar-refractivity contribution >= 4 is 52.4 Å². The molecule has 2 N–H and O–H groups in total. The van der Waals surface area contributed by atoms with Crippen molar-refractivity contribution in [3.63, 3.8) is 0 Å². The summed E-state index contributed by atoms with van der Waals surface area (Å²) in [6.07, 6.45) is 3.29. The fourth-order valence-corrected chi connectivity index (χ4v) is 4.12. The average Bonchev–Trinajstić information content (AvgIpc) is 3.42. The lowest BCUT2D eigenvalue weighted by atomic mass is 10.1. The summed E-state index contributed by atoms with van der Waals surface area (Å²) in [7, 11) is 0. The Hall–Kier alpha value is -3.46. The summed E-state index contributed by atoms with van der Waals surface area (Å²) in [5.74, 6) is 1.28. The Morgan fingerprint density at radius 2 is 1.91 bits per heavy atom. The minimum absolute atomic E-state index is 0.180. The topological polar surface area (TPSA) is 83.9 Å². The highest BCUT2D eigenvalue weighted by Crippen LogP contribution is 2.30. The predicted octanol–water partition coefficient (Wildman–Crippen LogP) is 6.25. The van der Waals surface area contributed by atoms with Crippen molar-refractivity contribution < 1.29 is 4.74 Å². The predicted molar refractivity (Wildman–Crippen MR) is 133 cm³/mol. The van der Waals surface area contributed by atoms with E-state index in [1.807, 2.05) is 48.5 Å². The summed E-state index contributed by atoms with van der Waals surface area (Å²) in [6, 6.07) is 19.2. The van der Waals surface area contributed by atoms with Crippen molar-refractivity contribution in [2.75, 3.05) is 0 Å². The molecule has 0 spiro atoms. The number of rotatable bonds is 6. The molecule has 7 nitrogen and oxygen atoms in total. The lowest BCUT2D eigenvalue weighted by Crippen LogP contribution is -2.04. The number of nitrogens with one attached hydrogen (secondary N) is 2. The second kappa shape index (κ2) is 9.19. The van der Waals surface area contributed by atoms with Crippen LogP contribution in [0.1, 0.15) is 11.4 Å². The molecule has 0 fully saturated rings. The lowest BCUT2D eigenvalue weighted by molar-refractivity contribution is 0.294. The van der Waals surface area contributed by atoms with E-state index in [0.29, 0.717) is 26.3 Å². The quantitative estimate of drug-likeness (QED) is 0.215. The lowest BCUT2D eigenvalue weighted by Gasteiger charge is -2.08. The van der Waals surface area contributed by atoms with Gasteiger partial charge in [0.2, 0.25) is 4.77 Å². The molecule has 0 amide bonds. The first-order valence-corrected chi connectivity index (χ1v) is 11.1. The number of ether oxygens (including phenoxy) is 1. The number of nitrogens with zero attached hydrogens (tertiary/aromatic N) is 4. The second-order valence-corrected chi connectivity index (χ2v) is 8.32. The van der Waals surface area contributed by atoms with Crippen LogP contribution in [0.3, 0.4) is 0 Å². The van der Waals surface area contributed by atoms with Crippen LogP contribution in [-0.2, 0) is 6.61 Å². The van der Waals surface area contributed by atoms with Crippen molar-refractivity contribution in [1.82, 2.24) is 25.1 Å². The molecule has 3 aromatic carbocycles. The standard InChI is InChI=1S/C23H16Cl2N6OS/c24-16-8-9-18(19(25)10-16)22-15(11-26-29-22)12-27-31-21(28-30-23(31)33)13-32-20-7-3-5-14-4-1-2-6-17(14)20/h1-12H,13H2,(H,26,29)(H,30,33)/b27-12+. The minimum Gasteiger partial charge on any atom is -0.485 e. The second-order valence-electron chi connectivity index (χ2n) is 7.09. The maximum atomic E-state index is 6.35. The number of fused-ring (bicyclic) bond motifs is 1. The molecule has 0 unspecified atom stereocenters. The van der Waals surface area contributed by atoms with Gasteiger partial charge in [-0.05, 0) is 41.9 Å². The zero-order valence-corrected chi connectivity index (χ0v) is 19.3. The number of aromatic nitrogens is 5. The highest BCUT2D eigenvalue weighted by atomic mass is 35.5. The highest BCUT2D eigenvalue weighted by Gasteiger charge is 2.12. The molecule has 0 saturated heterocycles. The number of aromatic amines is 2. The highest BCUT2D eigenvalue weighted by molar-refractivity contribution is 7.71. The smallest absolute Gasteiger partial charge is 0.216 e. The summed E-state index contributed by atoms with van der Waals surface area (Å²) in [5, 5.41) is 21.8. The minimum atomic E-state index is 0.180. The summed E-state index contributed by atoms with van der Waals surface area (Å²) in [5.41, 5.74) is 2.20. The van der Waals surface area contributed by atoms with Crippen LogP contribution >= 0.6 is 35.4 Å². The van der Waals surface area contributed by atoms with Crippen molar-refractivity contribution in [2.45, 2.75) is 6.61 Å². The van der Waals surface area contributed by atoms with E-state index in [-0.39, 0.29) is 6.61 Å². The van der Waals surface area contributed by atoms with Crippen LogP contribution in [0.25, 0.3) is 22.0 Å². The van der Waals surface area contributed by atoms with Gasteiger partial charge in [0.15, 0.2) is 5.82 Å². The van der Waals surface area contributed by atoms with Gasteiger partial charge in [-0.15, -0.1) is 0 Å². The zero-order valence-electron chi connectivity index (χ0n) is 17.0. The summed E-state index contributed by atoms with van der Waals surface area (Å²) >= 11 is 17.7. The van der Waals surface area contributed by atoms with Gasteiger partial charge in [-0.2, -0.15) is 20.0 Å². The van der Waals surface area contributed by atoms with E-state index in [1.54, 1.807) is 24.5 Å². The van der Waals surface area contributed by atoms with Gasteiger partial charge in [-0.1, -0.05) is 59.6 Å². The first-order valence-electron chi connectivity index (χ1n) is 9.90. The number of halogens is 2. The molecule has 5 rings (SSSR count). The normalized spacial score (nSPS) is 11.5. The molecule has 0 aliphatic heterocycles. The molecule has 33 heavy (non-hydrogen) atoms. The van der Waals surface area contributed by atoms with E-state index in [1.165, 1.54) is 4.68 Å². The molecular formula is C23H16Cl2N6OS. The molecule has 0 aliphatic carbocycles. The third-order valence-corrected chi connectivity index (χ3v) is 5.82. The van der Waals surface area contributed by atoms with Crippen LogP contribution in [0.4, 0.5) is 0 Å². The van der Waals surface area contributed by atoms with Crippen molar-refractivity contribution in [3.05, 3.63) is 93.1 Å². The van der Waals surface area contributed by atoms with Gasteiger partial charge >= 0.3 is 0 Å². The fraction of sp³-hybridized carbons (Fsp3) is 0.0435. The van der Waals surface area contributed by atoms with E-state index >= 15 is 0 Å². The molecule has 2 aromatic heterocycles. The summed E-state index contributed by atoms with van der Waals surface area (Å²) in [4.78, 5) is 0. The monoisotopic (exact) mass is 494 g/mol. The first kappa shape index (κ1) is 21.4. The molecule has 2 heterocycles. The Morgan fingerprint density at radius 3 is 2.79 bits per heavy atom. The van der Waals surface area contributed by atoms with Crippen LogP contribution in [0.5, 0.6) is 5.75 Å². The van der Waals surface area contributed by atoms with E-state index in [0.717, 1.165) is 27.6 Å². The average molecular weight is 495 g/mol. The Bertz CT molecular complexity index is 1530. The van der Waals surface area contributed by atoms with Crippen LogP contribution < -0.4 is 4.74 Å². The van der Waals surface area contributed by atoms with Crippen molar-refractivity contribution in [2.24, 2.45) is 5.10 Å². The zero-order chi connectivity index (χ0) is 22.8. The molecule has 164 valence electrons. The van der Waals surface area contributed by atoms with Gasteiger partial charge in [0, 0.05) is 21.5 Å². The van der Waals surface area contributed by atoms with Crippen LogP contribution in [0.15, 0.2) is 72.0 Å². The van der Waals surface area contributed by atoms with Gasteiger partial charge in [-0.3, -0.25) is 5.10 Å². The van der Waals surface area contributed by atoms with Crippen LogP contribution in [0.2, 0.25) is 10.0 Å². The van der Waals surface area contributed by atoms with E-state index in [4.69, 9.17) is 40.2 Å². The first-order chi connectivity index (χ1) is 16.1. The van der Waals surface area contributed by atoms with Gasteiger partial charge < -0.3 is 4.74 Å². The molecule has 0 aliphatic rings. The SMILES string of the molecule is S=c1[nH]nc(COc2cccc3ccccc23)n1/N=C/c1cn[nH]c1-c1ccc(Cl)cc1Cl. The van der Waals surface area contributed by atoms with Gasteiger partial charge in [-0.25, -0.2) is 5.10 Å². The largest absolute Gasteiger partial charge is 0.485 e. The van der Waals surface area contributed by atoms with Gasteiger partial charge in [0.25, 0.3) is 0 Å². The van der Waals surface area contributed by atoms with E-state index < -0.39 is 0 Å². The Labute approximate surface area is 203 Å². The van der Waals surface area contributed by atoms with E-state index in [9.17, 15) is 0 Å². The van der Waals surface area contributed by atoms with Gasteiger partial charge in [0.1, 0.15) is 12.4 Å². The number of hydrogen-bond acceptors (Lipinski definition) is 5. The summed E-state index contributed by atoms with van der Waals surface area (Å²) in [6.45, 7) is 0.180. The third-order valence-electron chi connectivity index (χ3n) is 5.01. The number of hydrogen-bond donors (Lipinski definition) is 2. The fourth-order valence-electron chi connectivity index (χ4n) is 3.42. The Balaban J connectivity index is 1.41. The molecule has 10 heteroatoms. The molecule has 5 aromatic rings. The number of benzene rings is 3. The molecular weight excluding hydrogens is 479 g/mol. The van der Waals surface area contributed by atoms with Crippen LogP contribution in [0, 0.1) is 4.77 Å². The maximum Gasteiger partial charge on any atom is 0.216 e. The molecule has 0 saturated carbocycles. The Morgan fingerprint density at radius 1 is 1.06 bits per heavy atom. The molecule has 0 atom stereocenters. The third kappa shape index (κ3) is 4.41.